The first-order valence-corrected chi connectivity index (χ1v) is 16.8. The van der Waals surface area contributed by atoms with Crippen LogP contribution < -0.4 is 0 Å². The number of phenols is 2. The van der Waals surface area contributed by atoms with Gasteiger partial charge in [0, 0.05) is 0 Å². The van der Waals surface area contributed by atoms with Crippen molar-refractivity contribution in [1.29, 1.82) is 0 Å². The van der Waals surface area contributed by atoms with Gasteiger partial charge in [0.25, 0.3) is 0 Å². The summed E-state index contributed by atoms with van der Waals surface area (Å²) in [4.78, 5) is 0. The molecule has 1 aliphatic carbocycles. The van der Waals surface area contributed by atoms with Crippen LogP contribution in [0.5, 0.6) is 11.5 Å². The van der Waals surface area contributed by atoms with Crippen LogP contribution in [0, 0.1) is 13.8 Å². The summed E-state index contributed by atoms with van der Waals surface area (Å²) in [5.74, 6) is 0.543. The lowest BCUT2D eigenvalue weighted by atomic mass is 9.67. The molecule has 2 N–H and O–H groups in total. The molecule has 0 aliphatic heterocycles. The molecule has 0 radical (unpaired) electrons. The number of phenolic OH excluding ortho intramolecular Hbond substituents is 2. The summed E-state index contributed by atoms with van der Waals surface area (Å²) in [5, 5.41) is 26.4. The molecule has 8 aromatic rings. The van der Waals surface area contributed by atoms with E-state index in [1.54, 1.807) is 0 Å². The largest absolute Gasteiger partial charge is 0.508 e. The maximum atomic E-state index is 10.8. The SMILES string of the molecule is Cc1cc(C2(c3ccc(O)c(C)c3)c3cccc(-c4cccc5ccccc45)c3-c3c(-c4cccc5ccccc45)cccc32)ccc1O. The predicted molar refractivity (Wildman–Crippen MR) is 202 cm³/mol. The van der Waals surface area contributed by atoms with Crippen LogP contribution in [0.4, 0.5) is 0 Å². The molecule has 0 bridgehead atoms. The maximum Gasteiger partial charge on any atom is 0.118 e. The minimum Gasteiger partial charge on any atom is -0.508 e. The summed E-state index contributed by atoms with van der Waals surface area (Å²) >= 11 is 0. The zero-order valence-electron chi connectivity index (χ0n) is 27.4. The van der Waals surface area contributed by atoms with Gasteiger partial charge in [-0.3, -0.25) is 0 Å². The second-order valence-corrected chi connectivity index (χ2v) is 13.3. The normalized spacial score (nSPS) is 13.0. The van der Waals surface area contributed by atoms with Crippen molar-refractivity contribution in [3.63, 3.8) is 0 Å². The minimum absolute atomic E-state index is 0.272. The van der Waals surface area contributed by atoms with Gasteiger partial charge in [-0.05, 0) is 114 Å². The Kier molecular flexibility index (Phi) is 6.50. The fourth-order valence-electron chi connectivity index (χ4n) is 8.35. The molecule has 9 rings (SSSR count). The van der Waals surface area contributed by atoms with E-state index in [9.17, 15) is 10.2 Å². The smallest absolute Gasteiger partial charge is 0.118 e. The van der Waals surface area contributed by atoms with Crippen LogP contribution in [-0.4, -0.2) is 10.2 Å². The monoisotopic (exact) mass is 630 g/mol. The van der Waals surface area contributed by atoms with Crippen molar-refractivity contribution in [1.82, 2.24) is 0 Å². The fraction of sp³-hybridized carbons (Fsp3) is 0.0638. The second-order valence-electron chi connectivity index (χ2n) is 13.3. The van der Waals surface area contributed by atoms with Gasteiger partial charge in [-0.25, -0.2) is 0 Å². The van der Waals surface area contributed by atoms with Crippen molar-refractivity contribution in [2.45, 2.75) is 19.3 Å². The molecule has 0 spiro atoms. The Balaban J connectivity index is 1.50. The van der Waals surface area contributed by atoms with Crippen LogP contribution >= 0.6 is 0 Å². The van der Waals surface area contributed by atoms with Crippen LogP contribution in [0.2, 0.25) is 0 Å². The highest BCUT2D eigenvalue weighted by Crippen LogP contribution is 2.61. The molecular formula is C47H34O2. The van der Waals surface area contributed by atoms with Gasteiger partial charge in [-0.1, -0.05) is 146 Å². The van der Waals surface area contributed by atoms with E-state index in [4.69, 9.17) is 0 Å². The Morgan fingerprint density at radius 3 is 1.22 bits per heavy atom. The van der Waals surface area contributed by atoms with Gasteiger partial charge in [-0.15, -0.1) is 0 Å². The number of hydrogen-bond donors (Lipinski definition) is 2. The molecular weight excluding hydrogens is 597 g/mol. The summed E-state index contributed by atoms with van der Waals surface area (Å²) in [6.45, 7) is 3.93. The predicted octanol–water partition coefficient (Wildman–Crippen LogP) is 11.7. The third kappa shape index (κ3) is 4.20. The van der Waals surface area contributed by atoms with E-state index in [-0.39, 0.29) is 11.5 Å². The zero-order chi connectivity index (χ0) is 33.3. The van der Waals surface area contributed by atoms with Gasteiger partial charge in [0.2, 0.25) is 0 Å². The lowest BCUT2D eigenvalue weighted by molar-refractivity contribution is 0.470. The van der Waals surface area contributed by atoms with Crippen LogP contribution in [0.25, 0.3) is 54.9 Å². The molecule has 1 aliphatic rings. The molecule has 2 nitrogen and oxygen atoms in total. The number of hydrogen-bond acceptors (Lipinski definition) is 2. The van der Waals surface area contributed by atoms with E-state index in [0.29, 0.717) is 0 Å². The Morgan fingerprint density at radius 2 is 0.776 bits per heavy atom. The van der Waals surface area contributed by atoms with Gasteiger partial charge in [0.1, 0.15) is 11.5 Å². The molecule has 2 heteroatoms. The topological polar surface area (TPSA) is 40.5 Å². The van der Waals surface area contributed by atoms with E-state index >= 15 is 0 Å². The van der Waals surface area contributed by atoms with Crippen molar-refractivity contribution >= 4 is 21.5 Å². The number of fused-ring (bicyclic) bond motifs is 5. The van der Waals surface area contributed by atoms with E-state index < -0.39 is 5.41 Å². The highest BCUT2D eigenvalue weighted by atomic mass is 16.3. The second kappa shape index (κ2) is 11.0. The summed E-state index contributed by atoms with van der Waals surface area (Å²) in [6.07, 6.45) is 0. The number of aryl methyl sites for hydroxylation is 2. The molecule has 8 aromatic carbocycles. The van der Waals surface area contributed by atoms with Gasteiger partial charge >= 0.3 is 0 Å². The van der Waals surface area contributed by atoms with Crippen LogP contribution in [0.1, 0.15) is 33.4 Å². The number of benzene rings is 8. The van der Waals surface area contributed by atoms with Crippen molar-refractivity contribution in [2.24, 2.45) is 0 Å². The Bertz CT molecular complexity index is 2420. The van der Waals surface area contributed by atoms with Gasteiger partial charge in [0.05, 0.1) is 5.41 Å². The molecule has 0 aromatic heterocycles. The Morgan fingerprint density at radius 1 is 0.388 bits per heavy atom. The minimum atomic E-state index is -0.733. The third-order valence-electron chi connectivity index (χ3n) is 10.6. The summed E-state index contributed by atoms with van der Waals surface area (Å²) in [7, 11) is 0. The standard InChI is InChI=1S/C47H34O2/c1-29-27-33(23-25-43(29)48)47(34-24-26-44(49)30(2)28-34)41-21-9-19-39(37-17-7-13-31-11-3-5-15-35(31)37)45(41)46-40(20-10-22-42(46)47)38-18-8-14-32-12-4-6-16-36(32)38/h3-28,48-49H,1-2H3. The summed E-state index contributed by atoms with van der Waals surface area (Å²) < 4.78 is 0. The average molecular weight is 631 g/mol. The molecule has 0 heterocycles. The Labute approximate surface area is 286 Å². The van der Waals surface area contributed by atoms with Gasteiger partial charge < -0.3 is 10.2 Å². The third-order valence-corrected chi connectivity index (χ3v) is 10.6. The quantitative estimate of drug-likeness (QED) is 0.203. The molecule has 49 heavy (non-hydrogen) atoms. The molecule has 0 saturated heterocycles. The summed E-state index contributed by atoms with van der Waals surface area (Å²) in [6, 6.07) is 55.9. The lowest BCUT2D eigenvalue weighted by Crippen LogP contribution is -2.29. The van der Waals surface area contributed by atoms with Crippen LogP contribution in [-0.2, 0) is 5.41 Å². The van der Waals surface area contributed by atoms with E-state index in [0.717, 1.165) is 22.3 Å². The average Bonchev–Trinajstić information content (AvgIpc) is 3.45. The molecule has 0 saturated carbocycles. The first kappa shape index (κ1) is 29.1. The first-order chi connectivity index (χ1) is 24.0. The van der Waals surface area contributed by atoms with Crippen LogP contribution in [0.15, 0.2) is 158 Å². The van der Waals surface area contributed by atoms with Gasteiger partial charge in [0.15, 0.2) is 0 Å². The van der Waals surface area contributed by atoms with E-state index in [2.05, 4.69) is 146 Å². The van der Waals surface area contributed by atoms with Crippen molar-refractivity contribution in [3.05, 3.63) is 191 Å². The van der Waals surface area contributed by atoms with E-state index in [1.807, 2.05) is 26.0 Å². The van der Waals surface area contributed by atoms with Crippen molar-refractivity contribution in [3.8, 4) is 44.9 Å². The molecule has 0 amide bonds. The number of aromatic hydroxyl groups is 2. The molecule has 0 fully saturated rings. The first-order valence-electron chi connectivity index (χ1n) is 16.8. The maximum absolute atomic E-state index is 10.8. The zero-order valence-corrected chi connectivity index (χ0v) is 27.4. The highest BCUT2D eigenvalue weighted by molar-refractivity contribution is 6.09. The van der Waals surface area contributed by atoms with E-state index in [1.165, 1.54) is 66.1 Å². The lowest BCUT2D eigenvalue weighted by Gasteiger charge is -2.34. The number of rotatable bonds is 4. The Hall–Kier alpha value is -6.12. The van der Waals surface area contributed by atoms with Crippen molar-refractivity contribution in [2.75, 3.05) is 0 Å². The highest BCUT2D eigenvalue weighted by Gasteiger charge is 2.48. The fourth-order valence-corrected chi connectivity index (χ4v) is 8.35. The summed E-state index contributed by atoms with van der Waals surface area (Å²) in [5.41, 5.74) is 12.5. The van der Waals surface area contributed by atoms with Gasteiger partial charge in [-0.2, -0.15) is 0 Å². The molecule has 0 atom stereocenters. The van der Waals surface area contributed by atoms with Crippen LogP contribution in [0.3, 0.4) is 0 Å². The molecule has 0 unspecified atom stereocenters. The molecule has 234 valence electrons. The van der Waals surface area contributed by atoms with Crippen molar-refractivity contribution < 1.29 is 10.2 Å².